The first-order valence-electron chi connectivity index (χ1n) is 10.3. The molecule has 0 saturated carbocycles. The van der Waals surface area contributed by atoms with Gasteiger partial charge < -0.3 is 15.4 Å². The van der Waals surface area contributed by atoms with Crippen LogP contribution in [0.2, 0.25) is 0 Å². The highest BCUT2D eigenvalue weighted by atomic mass is 79.9. The summed E-state index contributed by atoms with van der Waals surface area (Å²) in [7, 11) is 0. The van der Waals surface area contributed by atoms with Crippen LogP contribution in [-0.2, 0) is 19.4 Å². The molecule has 1 amide bonds. The first kappa shape index (κ1) is 19.6. The minimum atomic E-state index is -0.328. The zero-order valence-corrected chi connectivity index (χ0v) is 19.1. The van der Waals surface area contributed by atoms with Crippen molar-refractivity contribution in [1.29, 1.82) is 0 Å². The Morgan fingerprint density at radius 3 is 2.83 bits per heavy atom. The SMILES string of the molecule is C[C@H]1CCc2c(sc3c2C(=O)N[C@H](c2cc(Br)ccc2OCc2ccccc2)N3)C1. The number of halogens is 1. The maximum absolute atomic E-state index is 13.1. The number of nitrogens with one attached hydrogen (secondary N) is 2. The van der Waals surface area contributed by atoms with E-state index < -0.39 is 0 Å². The summed E-state index contributed by atoms with van der Waals surface area (Å²) in [6.07, 6.45) is 2.88. The molecule has 1 aliphatic heterocycles. The minimum absolute atomic E-state index is 0.00906. The molecule has 3 aromatic rings. The first-order chi connectivity index (χ1) is 14.6. The number of thiophene rings is 1. The molecule has 1 aliphatic carbocycles. The van der Waals surface area contributed by atoms with E-state index in [1.165, 1.54) is 10.4 Å². The molecule has 2 aliphatic rings. The third-order valence-corrected chi connectivity index (χ3v) is 7.49. The van der Waals surface area contributed by atoms with Gasteiger partial charge in [-0.05, 0) is 54.5 Å². The molecule has 0 radical (unpaired) electrons. The molecule has 2 N–H and O–H groups in total. The Bertz CT molecular complexity index is 1100. The largest absolute Gasteiger partial charge is 0.488 e. The highest BCUT2D eigenvalue weighted by Crippen LogP contribution is 2.43. The number of fused-ring (bicyclic) bond motifs is 3. The van der Waals surface area contributed by atoms with Crippen LogP contribution in [0.1, 0.15) is 51.4 Å². The second-order valence-electron chi connectivity index (χ2n) is 8.06. The van der Waals surface area contributed by atoms with Gasteiger partial charge in [0.1, 0.15) is 23.5 Å². The Labute approximate surface area is 188 Å². The number of carbonyl (C=O) groups excluding carboxylic acids is 1. The second kappa shape index (κ2) is 8.08. The van der Waals surface area contributed by atoms with Gasteiger partial charge in [-0.3, -0.25) is 4.79 Å². The van der Waals surface area contributed by atoms with Gasteiger partial charge in [-0.2, -0.15) is 0 Å². The molecule has 1 aromatic heterocycles. The molecule has 2 heterocycles. The van der Waals surface area contributed by atoms with Crippen LogP contribution in [-0.4, -0.2) is 5.91 Å². The van der Waals surface area contributed by atoms with E-state index >= 15 is 0 Å². The molecular formula is C24H23BrN2O2S. The van der Waals surface area contributed by atoms with Crippen LogP contribution in [0, 0.1) is 5.92 Å². The molecular weight excluding hydrogens is 460 g/mol. The van der Waals surface area contributed by atoms with Crippen LogP contribution >= 0.6 is 27.3 Å². The van der Waals surface area contributed by atoms with Crippen molar-refractivity contribution in [3.05, 3.63) is 80.1 Å². The predicted molar refractivity (Wildman–Crippen MR) is 124 cm³/mol. The maximum atomic E-state index is 13.1. The number of amides is 1. The summed E-state index contributed by atoms with van der Waals surface area (Å²) in [5, 5.41) is 7.71. The Morgan fingerprint density at radius 2 is 2.00 bits per heavy atom. The lowest BCUT2D eigenvalue weighted by Gasteiger charge is -2.28. The fraction of sp³-hybridized carbons (Fsp3) is 0.292. The van der Waals surface area contributed by atoms with E-state index in [2.05, 4.69) is 33.5 Å². The number of anilines is 1. The molecule has 30 heavy (non-hydrogen) atoms. The Hall–Kier alpha value is -2.31. The fourth-order valence-corrected chi connectivity index (χ4v) is 6.05. The topological polar surface area (TPSA) is 50.4 Å². The van der Waals surface area contributed by atoms with Crippen molar-refractivity contribution in [3.8, 4) is 5.75 Å². The van der Waals surface area contributed by atoms with Crippen molar-refractivity contribution in [2.75, 3.05) is 5.32 Å². The van der Waals surface area contributed by atoms with Gasteiger partial charge in [0.05, 0.1) is 5.56 Å². The van der Waals surface area contributed by atoms with Crippen molar-refractivity contribution in [2.45, 2.75) is 39.0 Å². The minimum Gasteiger partial charge on any atom is -0.488 e. The van der Waals surface area contributed by atoms with E-state index in [1.807, 2.05) is 48.5 Å². The van der Waals surface area contributed by atoms with E-state index in [-0.39, 0.29) is 12.1 Å². The molecule has 4 nitrogen and oxygen atoms in total. The third kappa shape index (κ3) is 3.74. The normalized spacial score (nSPS) is 20.0. The molecule has 0 spiro atoms. The summed E-state index contributed by atoms with van der Waals surface area (Å²) in [6, 6.07) is 16.0. The summed E-state index contributed by atoms with van der Waals surface area (Å²) >= 11 is 5.30. The first-order valence-corrected chi connectivity index (χ1v) is 11.9. The van der Waals surface area contributed by atoms with Crippen molar-refractivity contribution >= 4 is 38.2 Å². The molecule has 0 fully saturated rings. The van der Waals surface area contributed by atoms with Crippen molar-refractivity contribution in [1.82, 2.24) is 5.32 Å². The number of rotatable bonds is 4. The molecule has 154 valence electrons. The Kier molecular flexibility index (Phi) is 5.29. The number of ether oxygens (including phenoxy) is 1. The summed E-state index contributed by atoms with van der Waals surface area (Å²) < 4.78 is 7.09. The lowest BCUT2D eigenvalue weighted by atomic mass is 9.88. The van der Waals surface area contributed by atoms with E-state index in [0.717, 1.165) is 51.2 Å². The lowest BCUT2D eigenvalue weighted by molar-refractivity contribution is 0.0934. The van der Waals surface area contributed by atoms with Gasteiger partial charge in [0.15, 0.2) is 0 Å². The van der Waals surface area contributed by atoms with Crippen molar-refractivity contribution in [2.24, 2.45) is 5.92 Å². The summed E-state index contributed by atoms with van der Waals surface area (Å²) in [5.74, 6) is 1.45. The van der Waals surface area contributed by atoms with Gasteiger partial charge >= 0.3 is 0 Å². The van der Waals surface area contributed by atoms with Crippen LogP contribution in [0.5, 0.6) is 5.75 Å². The summed E-state index contributed by atoms with van der Waals surface area (Å²) in [6.45, 7) is 2.77. The van der Waals surface area contributed by atoms with Gasteiger partial charge in [0, 0.05) is 14.9 Å². The highest BCUT2D eigenvalue weighted by Gasteiger charge is 2.34. The molecule has 5 rings (SSSR count). The smallest absolute Gasteiger partial charge is 0.256 e. The van der Waals surface area contributed by atoms with Gasteiger partial charge in [-0.15, -0.1) is 11.3 Å². The van der Waals surface area contributed by atoms with E-state index in [4.69, 9.17) is 4.74 Å². The Balaban J connectivity index is 1.44. The maximum Gasteiger partial charge on any atom is 0.256 e. The second-order valence-corrected chi connectivity index (χ2v) is 10.1. The summed E-state index contributed by atoms with van der Waals surface area (Å²) in [5.41, 5.74) is 4.11. The molecule has 2 aromatic carbocycles. The average Bonchev–Trinajstić information content (AvgIpc) is 3.11. The molecule has 6 heteroatoms. The zero-order chi connectivity index (χ0) is 20.7. The van der Waals surface area contributed by atoms with Crippen LogP contribution in [0.15, 0.2) is 53.0 Å². The van der Waals surface area contributed by atoms with Crippen molar-refractivity contribution in [3.63, 3.8) is 0 Å². The molecule has 2 atom stereocenters. The van der Waals surface area contributed by atoms with E-state index in [1.54, 1.807) is 11.3 Å². The lowest BCUT2D eigenvalue weighted by Crippen LogP contribution is -2.38. The predicted octanol–water partition coefficient (Wildman–Crippen LogP) is 6.07. The quantitative estimate of drug-likeness (QED) is 0.474. The van der Waals surface area contributed by atoms with Gasteiger partial charge in [-0.25, -0.2) is 0 Å². The summed E-state index contributed by atoms with van der Waals surface area (Å²) in [4.78, 5) is 14.4. The highest BCUT2D eigenvalue weighted by molar-refractivity contribution is 9.10. The number of carbonyl (C=O) groups is 1. The molecule has 0 unspecified atom stereocenters. The van der Waals surface area contributed by atoms with Gasteiger partial charge in [0.2, 0.25) is 0 Å². The standard InChI is InChI=1S/C24H23BrN2O2S/c1-14-7-9-17-20(11-14)30-24-21(17)23(28)26-22(27-24)18-12-16(25)8-10-19(18)29-13-15-5-3-2-4-6-15/h2-6,8,10,12,14,22,27H,7,9,11,13H2,1H3,(H,26,28)/t14-,22-/m0/s1. The molecule has 0 bridgehead atoms. The van der Waals surface area contributed by atoms with Gasteiger partial charge in [-0.1, -0.05) is 53.2 Å². The fourth-order valence-electron chi connectivity index (χ4n) is 4.23. The van der Waals surface area contributed by atoms with Crippen LogP contribution in [0.25, 0.3) is 0 Å². The van der Waals surface area contributed by atoms with Crippen molar-refractivity contribution < 1.29 is 9.53 Å². The average molecular weight is 483 g/mol. The van der Waals surface area contributed by atoms with Crippen LogP contribution < -0.4 is 15.4 Å². The van der Waals surface area contributed by atoms with E-state index in [9.17, 15) is 4.79 Å². The number of benzene rings is 2. The van der Waals surface area contributed by atoms with Gasteiger partial charge in [0.25, 0.3) is 5.91 Å². The monoisotopic (exact) mass is 482 g/mol. The zero-order valence-electron chi connectivity index (χ0n) is 16.7. The van der Waals surface area contributed by atoms with Crippen LogP contribution in [0.3, 0.4) is 0 Å². The van der Waals surface area contributed by atoms with Crippen LogP contribution in [0.4, 0.5) is 5.00 Å². The number of hydrogen-bond donors (Lipinski definition) is 2. The third-order valence-electron chi connectivity index (χ3n) is 5.81. The van der Waals surface area contributed by atoms with E-state index in [0.29, 0.717) is 12.5 Å². The Morgan fingerprint density at radius 1 is 1.17 bits per heavy atom. The molecule has 0 saturated heterocycles. The number of hydrogen-bond acceptors (Lipinski definition) is 4.